The van der Waals surface area contributed by atoms with Gasteiger partial charge in [-0.2, -0.15) is 0 Å². The highest BCUT2D eigenvalue weighted by molar-refractivity contribution is 5.75. The summed E-state index contributed by atoms with van der Waals surface area (Å²) in [6, 6.07) is 2.85. The van der Waals surface area contributed by atoms with Gasteiger partial charge < -0.3 is 34.5 Å². The van der Waals surface area contributed by atoms with E-state index in [1.807, 2.05) is 34.6 Å². The zero-order chi connectivity index (χ0) is 32.2. The zero-order valence-corrected chi connectivity index (χ0v) is 26.4. The maximum Gasteiger partial charge on any atom is 0.514 e. The van der Waals surface area contributed by atoms with Gasteiger partial charge in [-0.3, -0.25) is 9.59 Å². The van der Waals surface area contributed by atoms with Gasteiger partial charge >= 0.3 is 24.2 Å². The molecular formula is C31H49NO10. The SMILES string of the molecule is CCCC(C)OC(=O)Oc1ccc(C(C(C)C(C)OC(=O)CC(C)(C)C)[C@H](N)C(=O)O)cc1OC(=O)OC(C)CCC. The van der Waals surface area contributed by atoms with Gasteiger partial charge in [0.1, 0.15) is 24.4 Å². The van der Waals surface area contributed by atoms with Crippen LogP contribution in [0, 0.1) is 11.3 Å². The number of aliphatic carboxylic acids is 1. The molecule has 0 saturated heterocycles. The zero-order valence-electron chi connectivity index (χ0n) is 26.4. The number of hydrogen-bond donors (Lipinski definition) is 2. The summed E-state index contributed by atoms with van der Waals surface area (Å²) >= 11 is 0. The van der Waals surface area contributed by atoms with Crippen LogP contribution < -0.4 is 15.2 Å². The molecule has 0 aliphatic carbocycles. The summed E-state index contributed by atoms with van der Waals surface area (Å²) in [6.45, 7) is 16.5. The van der Waals surface area contributed by atoms with Gasteiger partial charge in [0.15, 0.2) is 11.5 Å². The minimum Gasteiger partial charge on any atom is -0.480 e. The van der Waals surface area contributed by atoms with Crippen LogP contribution >= 0.6 is 0 Å². The lowest BCUT2D eigenvalue weighted by atomic mass is 9.79. The Hall–Kier alpha value is -3.34. The van der Waals surface area contributed by atoms with Crippen LogP contribution in [0.2, 0.25) is 0 Å². The van der Waals surface area contributed by atoms with Gasteiger partial charge in [-0.05, 0) is 56.7 Å². The Morgan fingerprint density at radius 3 is 1.79 bits per heavy atom. The summed E-state index contributed by atoms with van der Waals surface area (Å²) in [7, 11) is 0. The molecule has 238 valence electrons. The minimum atomic E-state index is -1.40. The quantitative estimate of drug-likeness (QED) is 0.128. The van der Waals surface area contributed by atoms with Gasteiger partial charge in [-0.15, -0.1) is 0 Å². The van der Waals surface area contributed by atoms with E-state index in [4.69, 9.17) is 29.4 Å². The Morgan fingerprint density at radius 2 is 1.33 bits per heavy atom. The Balaban J connectivity index is 3.44. The fourth-order valence-electron chi connectivity index (χ4n) is 4.46. The number of nitrogens with two attached hydrogens (primary N) is 1. The number of carboxylic acid groups (broad SMARTS) is 1. The summed E-state index contributed by atoms with van der Waals surface area (Å²) in [4.78, 5) is 49.6. The topological polar surface area (TPSA) is 161 Å². The van der Waals surface area contributed by atoms with Crippen molar-refractivity contribution < 1.29 is 48.0 Å². The molecule has 0 heterocycles. The lowest BCUT2D eigenvalue weighted by Crippen LogP contribution is -2.42. The monoisotopic (exact) mass is 595 g/mol. The number of carboxylic acids is 1. The van der Waals surface area contributed by atoms with Crippen molar-refractivity contribution >= 4 is 24.2 Å². The van der Waals surface area contributed by atoms with E-state index in [1.165, 1.54) is 18.2 Å². The average Bonchev–Trinajstić information content (AvgIpc) is 2.84. The summed E-state index contributed by atoms with van der Waals surface area (Å²) in [6.07, 6.45) is -0.546. The number of benzene rings is 1. The molecule has 0 aliphatic rings. The van der Waals surface area contributed by atoms with Crippen LogP contribution in [-0.4, -0.2) is 53.7 Å². The predicted octanol–water partition coefficient (Wildman–Crippen LogP) is 6.59. The summed E-state index contributed by atoms with van der Waals surface area (Å²) < 4.78 is 27.0. The van der Waals surface area contributed by atoms with Crippen molar-refractivity contribution in [3.63, 3.8) is 0 Å². The lowest BCUT2D eigenvalue weighted by Gasteiger charge is -2.32. The summed E-state index contributed by atoms with van der Waals surface area (Å²) in [5.41, 5.74) is 6.21. The van der Waals surface area contributed by atoms with E-state index < -0.39 is 60.4 Å². The highest BCUT2D eigenvalue weighted by atomic mass is 16.7. The van der Waals surface area contributed by atoms with Gasteiger partial charge in [-0.25, -0.2) is 9.59 Å². The van der Waals surface area contributed by atoms with Crippen molar-refractivity contribution in [3.05, 3.63) is 23.8 Å². The maximum atomic E-state index is 12.6. The fourth-order valence-corrected chi connectivity index (χ4v) is 4.46. The van der Waals surface area contributed by atoms with E-state index in [1.54, 1.807) is 27.7 Å². The van der Waals surface area contributed by atoms with E-state index >= 15 is 0 Å². The molecule has 0 fully saturated rings. The lowest BCUT2D eigenvalue weighted by molar-refractivity contribution is -0.153. The third-order valence-electron chi connectivity index (χ3n) is 6.70. The van der Waals surface area contributed by atoms with Crippen molar-refractivity contribution in [2.45, 2.75) is 125 Å². The van der Waals surface area contributed by atoms with Crippen LogP contribution in [0.4, 0.5) is 9.59 Å². The number of carbonyl (C=O) groups is 4. The molecule has 42 heavy (non-hydrogen) atoms. The number of hydrogen-bond acceptors (Lipinski definition) is 10. The Labute approximate surface area is 249 Å². The van der Waals surface area contributed by atoms with E-state index in [-0.39, 0.29) is 23.3 Å². The standard InChI is InChI=1S/C31H49NO10/c1-10-12-18(3)38-29(36)41-23-15-14-22(16-24(23)42-30(37)39-19(4)13-11-2)26(27(32)28(34)35)20(5)21(6)40-25(33)17-31(7,8)9/h14-16,18-21,26-27H,10-13,17,32H2,1-9H3,(H,34,35)/t18?,19?,20?,21?,26?,27-/m0/s1. The van der Waals surface area contributed by atoms with Crippen molar-refractivity contribution in [1.29, 1.82) is 0 Å². The van der Waals surface area contributed by atoms with Crippen LogP contribution in [-0.2, 0) is 23.8 Å². The van der Waals surface area contributed by atoms with Crippen molar-refractivity contribution in [2.24, 2.45) is 17.1 Å². The first-order valence-electron chi connectivity index (χ1n) is 14.6. The van der Waals surface area contributed by atoms with Crippen molar-refractivity contribution in [2.75, 3.05) is 0 Å². The molecule has 0 aromatic heterocycles. The number of ether oxygens (including phenoxy) is 5. The molecular weight excluding hydrogens is 546 g/mol. The van der Waals surface area contributed by atoms with Gasteiger partial charge in [0.05, 0.1) is 6.42 Å². The van der Waals surface area contributed by atoms with E-state index in [2.05, 4.69) is 0 Å². The largest absolute Gasteiger partial charge is 0.514 e. The van der Waals surface area contributed by atoms with Crippen molar-refractivity contribution in [1.82, 2.24) is 0 Å². The molecule has 0 bridgehead atoms. The number of rotatable bonds is 15. The highest BCUT2D eigenvalue weighted by Crippen LogP contribution is 2.37. The molecule has 1 aromatic carbocycles. The predicted molar refractivity (Wildman–Crippen MR) is 157 cm³/mol. The van der Waals surface area contributed by atoms with Crippen molar-refractivity contribution in [3.8, 4) is 11.5 Å². The molecule has 1 aromatic rings. The maximum absolute atomic E-state index is 12.6. The Morgan fingerprint density at radius 1 is 0.833 bits per heavy atom. The smallest absolute Gasteiger partial charge is 0.480 e. The summed E-state index contributed by atoms with van der Waals surface area (Å²) in [5, 5.41) is 9.82. The van der Waals surface area contributed by atoms with Crippen LogP contribution in [0.15, 0.2) is 18.2 Å². The Bertz CT molecular complexity index is 1050. The van der Waals surface area contributed by atoms with E-state index in [9.17, 15) is 24.3 Å². The average molecular weight is 596 g/mol. The number of carbonyl (C=O) groups excluding carboxylic acids is 3. The summed E-state index contributed by atoms with van der Waals surface area (Å²) in [5.74, 6) is -3.47. The molecule has 11 nitrogen and oxygen atoms in total. The molecule has 3 N–H and O–H groups in total. The van der Waals surface area contributed by atoms with Crippen LogP contribution in [0.3, 0.4) is 0 Å². The third kappa shape index (κ3) is 12.7. The van der Waals surface area contributed by atoms with E-state index in [0.717, 1.165) is 12.8 Å². The Kier molecular flexibility index (Phi) is 14.8. The van der Waals surface area contributed by atoms with E-state index in [0.29, 0.717) is 18.4 Å². The fraction of sp³-hybridized carbons (Fsp3) is 0.677. The minimum absolute atomic E-state index is 0.132. The van der Waals surface area contributed by atoms with Crippen LogP contribution in [0.5, 0.6) is 11.5 Å². The first kappa shape index (κ1) is 36.7. The molecule has 0 radical (unpaired) electrons. The van der Waals surface area contributed by atoms with Gasteiger partial charge in [0, 0.05) is 11.8 Å². The first-order valence-corrected chi connectivity index (χ1v) is 14.6. The molecule has 6 atom stereocenters. The second kappa shape index (κ2) is 16.9. The highest BCUT2D eigenvalue weighted by Gasteiger charge is 2.36. The van der Waals surface area contributed by atoms with Gasteiger partial charge in [0.25, 0.3) is 0 Å². The first-order chi connectivity index (χ1) is 19.5. The second-order valence-electron chi connectivity index (χ2n) is 12.0. The molecule has 0 saturated carbocycles. The second-order valence-corrected chi connectivity index (χ2v) is 12.0. The molecule has 11 heteroatoms. The molecule has 0 spiro atoms. The molecule has 0 aliphatic heterocycles. The molecule has 1 rings (SSSR count). The van der Waals surface area contributed by atoms with Gasteiger partial charge in [0.2, 0.25) is 0 Å². The normalized spacial score (nSPS) is 15.8. The molecule has 0 amide bonds. The number of esters is 1. The van der Waals surface area contributed by atoms with Crippen LogP contribution in [0.1, 0.15) is 106 Å². The molecule has 5 unspecified atom stereocenters. The third-order valence-corrected chi connectivity index (χ3v) is 6.70. The van der Waals surface area contributed by atoms with Gasteiger partial charge in [-0.1, -0.05) is 60.5 Å². The van der Waals surface area contributed by atoms with Crippen LogP contribution in [0.25, 0.3) is 0 Å².